The quantitative estimate of drug-likeness (QED) is 0.355. The molecular weight excluding hydrogens is 351 g/mol. The molecule has 94 valence electrons. The minimum atomic E-state index is -0.616. The van der Waals surface area contributed by atoms with Crippen molar-refractivity contribution < 1.29 is 14.5 Å². The highest BCUT2D eigenvalue weighted by Gasteiger charge is 2.20. The standard InChI is InChI=1S/C11H9IN2O4/c1-2-18-10(15)5-7-3-4-9(14(16)17)8(6-13)11(7)12/h3-4H,2,5H2,1H3. The van der Waals surface area contributed by atoms with Crippen LogP contribution in [0, 0.1) is 25.0 Å². The van der Waals surface area contributed by atoms with Crippen molar-refractivity contribution in [1.29, 1.82) is 5.26 Å². The fourth-order valence-corrected chi connectivity index (χ4v) is 2.14. The lowest BCUT2D eigenvalue weighted by atomic mass is 10.1. The third-order valence-electron chi connectivity index (χ3n) is 2.15. The van der Waals surface area contributed by atoms with Crippen molar-refractivity contribution >= 4 is 34.2 Å². The van der Waals surface area contributed by atoms with Crippen molar-refractivity contribution in [3.8, 4) is 6.07 Å². The Labute approximate surface area is 117 Å². The summed E-state index contributed by atoms with van der Waals surface area (Å²) in [6, 6.07) is 4.49. The first-order chi connectivity index (χ1) is 8.51. The summed E-state index contributed by atoms with van der Waals surface area (Å²) in [5.74, 6) is -0.423. The molecule has 0 aliphatic carbocycles. The molecule has 0 aliphatic heterocycles. The van der Waals surface area contributed by atoms with Crippen molar-refractivity contribution in [3.63, 3.8) is 0 Å². The summed E-state index contributed by atoms with van der Waals surface area (Å²) in [5.41, 5.74) is 0.271. The molecule has 0 aliphatic rings. The van der Waals surface area contributed by atoms with E-state index in [9.17, 15) is 14.9 Å². The Morgan fingerprint density at radius 3 is 2.78 bits per heavy atom. The van der Waals surface area contributed by atoms with Gasteiger partial charge in [0.15, 0.2) is 0 Å². The number of halogens is 1. The third kappa shape index (κ3) is 3.16. The monoisotopic (exact) mass is 360 g/mol. The van der Waals surface area contributed by atoms with Crippen LogP contribution >= 0.6 is 22.6 Å². The van der Waals surface area contributed by atoms with Crippen molar-refractivity contribution in [2.24, 2.45) is 0 Å². The molecule has 0 heterocycles. The Morgan fingerprint density at radius 1 is 1.61 bits per heavy atom. The molecule has 0 fully saturated rings. The van der Waals surface area contributed by atoms with Crippen LogP contribution in [-0.2, 0) is 16.0 Å². The maximum absolute atomic E-state index is 11.3. The van der Waals surface area contributed by atoms with E-state index in [-0.39, 0.29) is 24.3 Å². The second-order valence-electron chi connectivity index (χ2n) is 3.28. The van der Waals surface area contributed by atoms with Crippen LogP contribution in [0.1, 0.15) is 18.1 Å². The number of hydrogen-bond acceptors (Lipinski definition) is 5. The molecule has 6 nitrogen and oxygen atoms in total. The Kier molecular flexibility index (Phi) is 5.03. The number of ether oxygens (including phenoxy) is 1. The zero-order chi connectivity index (χ0) is 13.7. The number of rotatable bonds is 4. The molecule has 0 atom stereocenters. The van der Waals surface area contributed by atoms with Crippen LogP contribution < -0.4 is 0 Å². The van der Waals surface area contributed by atoms with Gasteiger partial charge in [0.05, 0.1) is 18.0 Å². The zero-order valence-corrected chi connectivity index (χ0v) is 11.6. The smallest absolute Gasteiger partial charge is 0.310 e. The minimum absolute atomic E-state index is 0.00120. The van der Waals surface area contributed by atoms with Crippen LogP contribution in [0.4, 0.5) is 5.69 Å². The average Bonchev–Trinajstić information content (AvgIpc) is 2.31. The number of benzene rings is 1. The molecule has 0 spiro atoms. The van der Waals surface area contributed by atoms with Gasteiger partial charge in [0.25, 0.3) is 5.69 Å². The maximum Gasteiger partial charge on any atom is 0.310 e. The summed E-state index contributed by atoms with van der Waals surface area (Å²) in [6.45, 7) is 1.97. The molecule has 0 saturated heterocycles. The topological polar surface area (TPSA) is 93.2 Å². The number of nitriles is 1. The molecule has 0 bridgehead atoms. The van der Waals surface area contributed by atoms with Gasteiger partial charge in [0, 0.05) is 9.64 Å². The second kappa shape index (κ2) is 6.30. The van der Waals surface area contributed by atoms with E-state index in [0.717, 1.165) is 0 Å². The lowest BCUT2D eigenvalue weighted by Gasteiger charge is -2.06. The van der Waals surface area contributed by atoms with Crippen molar-refractivity contribution in [3.05, 3.63) is 36.9 Å². The first kappa shape index (κ1) is 14.4. The molecule has 7 heteroatoms. The number of nitro benzene ring substituents is 1. The van der Waals surface area contributed by atoms with E-state index in [2.05, 4.69) is 0 Å². The average molecular weight is 360 g/mol. The summed E-state index contributed by atoms with van der Waals surface area (Å²) in [4.78, 5) is 21.5. The number of nitro groups is 1. The molecule has 0 N–H and O–H groups in total. The normalized spacial score (nSPS) is 9.61. The Morgan fingerprint density at radius 2 is 2.28 bits per heavy atom. The fourth-order valence-electron chi connectivity index (χ4n) is 1.37. The number of carbonyl (C=O) groups excluding carboxylic acids is 1. The van der Waals surface area contributed by atoms with E-state index in [0.29, 0.717) is 9.13 Å². The zero-order valence-electron chi connectivity index (χ0n) is 9.47. The number of nitrogens with zero attached hydrogens (tertiary/aromatic N) is 2. The van der Waals surface area contributed by atoms with Crippen molar-refractivity contribution in [1.82, 2.24) is 0 Å². The van der Waals surface area contributed by atoms with Crippen LogP contribution in [0.3, 0.4) is 0 Å². The highest BCUT2D eigenvalue weighted by atomic mass is 127. The van der Waals surface area contributed by atoms with Crippen LogP contribution in [-0.4, -0.2) is 17.5 Å². The van der Waals surface area contributed by atoms with Gasteiger partial charge in [0.2, 0.25) is 0 Å². The maximum atomic E-state index is 11.3. The molecular formula is C11H9IN2O4. The van der Waals surface area contributed by atoms with E-state index in [1.54, 1.807) is 13.0 Å². The molecule has 0 amide bonds. The Bertz CT molecular complexity index is 537. The van der Waals surface area contributed by atoms with Gasteiger partial charge in [-0.05, 0) is 35.1 Å². The van der Waals surface area contributed by atoms with E-state index in [1.807, 2.05) is 22.6 Å². The second-order valence-corrected chi connectivity index (χ2v) is 4.36. The van der Waals surface area contributed by atoms with Crippen LogP contribution in [0.15, 0.2) is 12.1 Å². The van der Waals surface area contributed by atoms with Crippen LogP contribution in [0.2, 0.25) is 0 Å². The fraction of sp³-hybridized carbons (Fsp3) is 0.273. The summed E-state index contributed by atoms with van der Waals surface area (Å²) in [7, 11) is 0. The summed E-state index contributed by atoms with van der Waals surface area (Å²) < 4.78 is 5.21. The summed E-state index contributed by atoms with van der Waals surface area (Å²) >= 11 is 1.83. The number of esters is 1. The first-order valence-corrected chi connectivity index (χ1v) is 6.10. The van der Waals surface area contributed by atoms with Crippen LogP contribution in [0.25, 0.3) is 0 Å². The van der Waals surface area contributed by atoms with E-state index in [1.165, 1.54) is 12.1 Å². The highest BCUT2D eigenvalue weighted by molar-refractivity contribution is 14.1. The predicted molar refractivity (Wildman–Crippen MR) is 70.9 cm³/mol. The molecule has 0 saturated carbocycles. The molecule has 0 aromatic heterocycles. The predicted octanol–water partition coefficient (Wildman–Crippen LogP) is 2.18. The SMILES string of the molecule is CCOC(=O)Cc1ccc([N+](=O)[O-])c(C#N)c1I. The van der Waals surface area contributed by atoms with Gasteiger partial charge in [-0.2, -0.15) is 5.26 Å². The Hall–Kier alpha value is -1.69. The van der Waals surface area contributed by atoms with Crippen molar-refractivity contribution in [2.45, 2.75) is 13.3 Å². The highest BCUT2D eigenvalue weighted by Crippen LogP contribution is 2.26. The molecule has 1 aromatic carbocycles. The lowest BCUT2D eigenvalue weighted by Crippen LogP contribution is -2.09. The van der Waals surface area contributed by atoms with E-state index >= 15 is 0 Å². The van der Waals surface area contributed by atoms with Crippen LogP contribution in [0.5, 0.6) is 0 Å². The lowest BCUT2D eigenvalue weighted by molar-refractivity contribution is -0.385. The minimum Gasteiger partial charge on any atom is -0.466 e. The summed E-state index contributed by atoms with van der Waals surface area (Å²) in [6.07, 6.45) is -0.00120. The van der Waals surface area contributed by atoms with E-state index in [4.69, 9.17) is 10.00 Å². The van der Waals surface area contributed by atoms with Gasteiger partial charge < -0.3 is 4.74 Å². The first-order valence-electron chi connectivity index (χ1n) is 5.02. The van der Waals surface area contributed by atoms with Gasteiger partial charge in [-0.3, -0.25) is 14.9 Å². The summed E-state index contributed by atoms with van der Waals surface area (Å²) in [5, 5.41) is 19.7. The van der Waals surface area contributed by atoms with Gasteiger partial charge >= 0.3 is 5.97 Å². The number of carbonyl (C=O) groups is 1. The van der Waals surface area contributed by atoms with E-state index < -0.39 is 10.9 Å². The molecule has 0 unspecified atom stereocenters. The van der Waals surface area contributed by atoms with Gasteiger partial charge in [-0.25, -0.2) is 0 Å². The largest absolute Gasteiger partial charge is 0.466 e. The third-order valence-corrected chi connectivity index (χ3v) is 3.38. The Balaban J connectivity index is 3.15. The van der Waals surface area contributed by atoms with Gasteiger partial charge in [-0.1, -0.05) is 6.07 Å². The number of hydrogen-bond donors (Lipinski definition) is 0. The molecule has 18 heavy (non-hydrogen) atoms. The molecule has 0 radical (unpaired) electrons. The van der Waals surface area contributed by atoms with Crippen molar-refractivity contribution in [2.75, 3.05) is 6.61 Å². The van der Waals surface area contributed by atoms with Gasteiger partial charge in [-0.15, -0.1) is 0 Å². The van der Waals surface area contributed by atoms with Gasteiger partial charge in [0.1, 0.15) is 11.6 Å². The molecule has 1 aromatic rings. The molecule has 1 rings (SSSR count).